The summed E-state index contributed by atoms with van der Waals surface area (Å²) in [4.78, 5) is 0. The van der Waals surface area contributed by atoms with Gasteiger partial charge in [0.2, 0.25) is 0 Å². The Morgan fingerprint density at radius 3 is 1.64 bits per heavy atom. The smallest absolute Gasteiger partial charge is 0.0544 e. The van der Waals surface area contributed by atoms with Crippen LogP contribution in [-0.2, 0) is 0 Å². The van der Waals surface area contributed by atoms with Gasteiger partial charge in [-0.15, -0.1) is 6.58 Å². The Balaban J connectivity index is 3.32. The Hall–Kier alpha value is -0.0431. The molecule has 0 aromatic carbocycles. The third-order valence-corrected chi connectivity index (χ3v) is 11.6. The van der Waals surface area contributed by atoms with Crippen molar-refractivity contribution in [1.29, 1.82) is 0 Å². The normalized spacial score (nSPS) is 38.2. The fraction of sp³-hybridized carbons (Fsp3) is 0.846. The highest BCUT2D eigenvalue weighted by Crippen LogP contribution is 2.70. The highest BCUT2D eigenvalue weighted by molar-refractivity contribution is 6.81. The van der Waals surface area contributed by atoms with E-state index in [4.69, 9.17) is 0 Å². The van der Waals surface area contributed by atoms with E-state index >= 15 is 0 Å². The van der Waals surface area contributed by atoms with Crippen molar-refractivity contribution in [2.24, 2.45) is 10.8 Å². The van der Waals surface area contributed by atoms with Crippen molar-refractivity contribution in [1.82, 2.24) is 0 Å². The number of allylic oxidation sites excluding steroid dienone is 1. The molecule has 82 valence electrons. The van der Waals surface area contributed by atoms with Crippen LogP contribution in [0.3, 0.4) is 0 Å². The molecule has 1 unspecified atom stereocenters. The first kappa shape index (κ1) is 12.0. The van der Waals surface area contributed by atoms with Crippen LogP contribution in [-0.4, -0.2) is 8.07 Å². The lowest BCUT2D eigenvalue weighted by molar-refractivity contribution is 0.137. The Kier molecular flexibility index (Phi) is 2.36. The van der Waals surface area contributed by atoms with Gasteiger partial charge in [-0.1, -0.05) is 53.8 Å². The van der Waals surface area contributed by atoms with Crippen molar-refractivity contribution in [3.8, 4) is 0 Å². The fourth-order valence-electron chi connectivity index (χ4n) is 3.25. The molecule has 0 aliphatic carbocycles. The first-order valence-corrected chi connectivity index (χ1v) is 8.86. The number of hydrogen-bond acceptors (Lipinski definition) is 0. The van der Waals surface area contributed by atoms with Gasteiger partial charge in [0.05, 0.1) is 8.07 Å². The van der Waals surface area contributed by atoms with Gasteiger partial charge in [-0.3, -0.25) is 0 Å². The maximum atomic E-state index is 4.06. The topological polar surface area (TPSA) is 0 Å². The minimum atomic E-state index is -1.13. The average Bonchev–Trinajstić information content (AvgIpc) is 2.09. The fourth-order valence-corrected chi connectivity index (χ4v) is 8.09. The summed E-state index contributed by atoms with van der Waals surface area (Å²) in [6.07, 6.45) is 2.20. The molecule has 0 aromatic heterocycles. The highest BCUT2D eigenvalue weighted by atomic mass is 28.3. The largest absolute Gasteiger partial charge is 0.103 e. The third-order valence-electron chi connectivity index (χ3n) is 5.94. The Labute approximate surface area is 90.8 Å². The van der Waals surface area contributed by atoms with Gasteiger partial charge in [-0.2, -0.15) is 0 Å². The van der Waals surface area contributed by atoms with Crippen LogP contribution in [0.5, 0.6) is 0 Å². The quantitative estimate of drug-likeness (QED) is 0.434. The summed E-state index contributed by atoms with van der Waals surface area (Å²) in [5.41, 5.74) is 0.698. The Morgan fingerprint density at radius 1 is 1.07 bits per heavy atom. The zero-order valence-corrected chi connectivity index (χ0v) is 12.0. The van der Waals surface area contributed by atoms with Gasteiger partial charge < -0.3 is 0 Å². The van der Waals surface area contributed by atoms with Crippen molar-refractivity contribution in [2.45, 2.75) is 58.8 Å². The lowest BCUT2D eigenvalue weighted by Crippen LogP contribution is -2.40. The lowest BCUT2D eigenvalue weighted by Gasteiger charge is -2.47. The van der Waals surface area contributed by atoms with E-state index in [1.165, 1.54) is 6.04 Å². The Bertz CT molecular complexity index is 260. The van der Waals surface area contributed by atoms with Crippen LogP contribution in [0.2, 0.25) is 24.2 Å². The maximum Gasteiger partial charge on any atom is 0.0544 e. The maximum absolute atomic E-state index is 4.06. The average molecular weight is 210 g/mol. The summed E-state index contributed by atoms with van der Waals surface area (Å²) in [5, 5.41) is 0.489. The van der Waals surface area contributed by atoms with E-state index in [1.807, 2.05) is 0 Å². The molecule has 0 saturated carbocycles. The molecule has 1 aliphatic rings. The predicted octanol–water partition coefficient (Wildman–Crippen LogP) is 4.71. The molecule has 1 saturated heterocycles. The van der Waals surface area contributed by atoms with Gasteiger partial charge in [0.1, 0.15) is 0 Å². The molecule has 1 aliphatic heterocycles. The summed E-state index contributed by atoms with van der Waals surface area (Å²) in [5.74, 6) is 0. The van der Waals surface area contributed by atoms with E-state index in [9.17, 15) is 0 Å². The van der Waals surface area contributed by atoms with Crippen LogP contribution in [0.1, 0.15) is 34.6 Å². The molecular formula is C13H26Si. The molecule has 1 rings (SSSR count). The number of hydrogen-bond donors (Lipinski definition) is 0. The van der Waals surface area contributed by atoms with Crippen LogP contribution < -0.4 is 0 Å². The van der Waals surface area contributed by atoms with E-state index in [2.05, 4.69) is 60.4 Å². The van der Waals surface area contributed by atoms with Crippen LogP contribution >= 0.6 is 0 Å². The second-order valence-electron chi connectivity index (χ2n) is 6.93. The molecule has 1 heteroatoms. The van der Waals surface area contributed by atoms with Crippen LogP contribution in [0.15, 0.2) is 12.7 Å². The van der Waals surface area contributed by atoms with Crippen LogP contribution in [0.4, 0.5) is 0 Å². The van der Waals surface area contributed by atoms with Gasteiger partial charge in [0.15, 0.2) is 0 Å². The summed E-state index contributed by atoms with van der Waals surface area (Å²) < 4.78 is 0. The molecule has 14 heavy (non-hydrogen) atoms. The van der Waals surface area contributed by atoms with Gasteiger partial charge in [0, 0.05) is 0 Å². The molecule has 0 radical (unpaired) electrons. The standard InChI is InChI=1S/C13H26Si/c1-9-13(6)10-14(7,8)12(4,5)11(13,2)3/h9H,1,10H2,2-8H3. The zero-order chi connectivity index (χ0) is 11.4. The minimum Gasteiger partial charge on any atom is -0.103 e. The SMILES string of the molecule is C=CC1(C)C[Si](C)(C)C(C)(C)C1(C)C. The molecular weight excluding hydrogens is 184 g/mol. The molecule has 1 fully saturated rings. The molecule has 1 heterocycles. The van der Waals surface area contributed by atoms with Crippen LogP contribution in [0.25, 0.3) is 0 Å². The van der Waals surface area contributed by atoms with Crippen molar-refractivity contribution in [3.63, 3.8) is 0 Å². The van der Waals surface area contributed by atoms with Gasteiger partial charge >= 0.3 is 0 Å². The highest BCUT2D eigenvalue weighted by Gasteiger charge is 2.63. The first-order valence-electron chi connectivity index (χ1n) is 5.65. The molecule has 0 N–H and O–H groups in total. The molecule has 0 amide bonds. The van der Waals surface area contributed by atoms with E-state index in [0.29, 0.717) is 15.9 Å². The molecule has 0 bridgehead atoms. The van der Waals surface area contributed by atoms with E-state index in [0.717, 1.165) is 0 Å². The van der Waals surface area contributed by atoms with Crippen molar-refractivity contribution < 1.29 is 0 Å². The predicted molar refractivity (Wildman–Crippen MR) is 68.4 cm³/mol. The van der Waals surface area contributed by atoms with E-state index in [1.54, 1.807) is 0 Å². The zero-order valence-electron chi connectivity index (χ0n) is 11.0. The van der Waals surface area contributed by atoms with E-state index < -0.39 is 8.07 Å². The van der Waals surface area contributed by atoms with Crippen molar-refractivity contribution in [3.05, 3.63) is 12.7 Å². The molecule has 0 nitrogen and oxygen atoms in total. The molecule has 0 spiro atoms. The summed E-state index contributed by atoms with van der Waals surface area (Å²) in [7, 11) is -1.13. The summed E-state index contributed by atoms with van der Waals surface area (Å²) in [6.45, 7) is 21.3. The van der Waals surface area contributed by atoms with Gasteiger partial charge in [0.25, 0.3) is 0 Å². The monoisotopic (exact) mass is 210 g/mol. The van der Waals surface area contributed by atoms with Crippen LogP contribution in [0, 0.1) is 10.8 Å². The second-order valence-corrected chi connectivity index (χ2v) is 12.3. The summed E-state index contributed by atoms with van der Waals surface area (Å²) >= 11 is 0. The molecule has 1 atom stereocenters. The molecule has 0 aromatic rings. The first-order chi connectivity index (χ1) is 6.02. The van der Waals surface area contributed by atoms with E-state index in [-0.39, 0.29) is 0 Å². The minimum absolute atomic E-state index is 0.326. The van der Waals surface area contributed by atoms with Gasteiger partial charge in [-0.25, -0.2) is 0 Å². The Morgan fingerprint density at radius 2 is 1.50 bits per heavy atom. The van der Waals surface area contributed by atoms with Crippen molar-refractivity contribution >= 4 is 8.07 Å². The number of rotatable bonds is 1. The lowest BCUT2D eigenvalue weighted by atomic mass is 9.62. The summed E-state index contributed by atoms with van der Waals surface area (Å²) in [6, 6.07) is 1.38. The van der Waals surface area contributed by atoms with Gasteiger partial charge in [-0.05, 0) is 21.9 Å². The van der Waals surface area contributed by atoms with Crippen molar-refractivity contribution in [2.75, 3.05) is 0 Å². The third kappa shape index (κ3) is 1.11. The second kappa shape index (κ2) is 2.75.